The number of nitrogens with zero attached hydrogens (tertiary/aromatic N) is 3. The van der Waals surface area contributed by atoms with Gasteiger partial charge in [0.2, 0.25) is 0 Å². The Balaban J connectivity index is 2.13. The zero-order valence-corrected chi connectivity index (χ0v) is 16.9. The van der Waals surface area contributed by atoms with E-state index in [1.165, 1.54) is 0 Å². The number of hydrogen-bond donors (Lipinski definition) is 3. The quantitative estimate of drug-likeness (QED) is 0.634. The third-order valence-electron chi connectivity index (χ3n) is 4.17. The summed E-state index contributed by atoms with van der Waals surface area (Å²) in [5.41, 5.74) is 3.01. The van der Waals surface area contributed by atoms with Gasteiger partial charge in [0.15, 0.2) is 0 Å². The molecule has 7 nitrogen and oxygen atoms in total. The molecule has 2 aromatic rings. The van der Waals surface area contributed by atoms with E-state index < -0.39 is 18.1 Å². The van der Waals surface area contributed by atoms with Crippen LogP contribution in [-0.4, -0.2) is 51.4 Å². The number of aliphatic hydroxyl groups is 1. The lowest BCUT2D eigenvalue weighted by Gasteiger charge is -2.15. The number of aliphatic imine (C=N–C) groups is 2. The van der Waals surface area contributed by atoms with Crippen molar-refractivity contribution < 1.29 is 15.0 Å². The van der Waals surface area contributed by atoms with E-state index in [9.17, 15) is 9.90 Å². The van der Waals surface area contributed by atoms with Gasteiger partial charge in [-0.25, -0.2) is 0 Å². The summed E-state index contributed by atoms with van der Waals surface area (Å²) in [5.74, 6) is -0.356. The van der Waals surface area contributed by atoms with Crippen LogP contribution in [0.3, 0.4) is 0 Å². The van der Waals surface area contributed by atoms with Gasteiger partial charge in [0.05, 0.1) is 24.1 Å². The molecule has 1 aliphatic heterocycles. The van der Waals surface area contributed by atoms with E-state index in [4.69, 9.17) is 10.1 Å². The molecule has 0 saturated heterocycles. The van der Waals surface area contributed by atoms with Gasteiger partial charge in [-0.05, 0) is 43.7 Å². The van der Waals surface area contributed by atoms with E-state index in [1.54, 1.807) is 13.1 Å². The molecule has 3 N–H and O–H groups in total. The molecule has 2 atom stereocenters. The molecule has 3 rings (SSSR count). The summed E-state index contributed by atoms with van der Waals surface area (Å²) in [6, 6.07) is 10.9. The first kappa shape index (κ1) is 20.2. The molecule has 0 fully saturated rings. The lowest BCUT2D eigenvalue weighted by Crippen LogP contribution is -2.28. The molecular weight excluding hydrogens is 424 g/mol. The number of amidine groups is 1. The molecule has 2 heterocycles. The van der Waals surface area contributed by atoms with Crippen LogP contribution in [-0.2, 0) is 4.79 Å². The number of aromatic nitrogens is 1. The molecule has 28 heavy (non-hydrogen) atoms. The number of carboxylic acids is 1. The van der Waals surface area contributed by atoms with Crippen molar-refractivity contribution in [2.24, 2.45) is 9.98 Å². The number of pyridine rings is 1. The molecule has 8 heteroatoms. The number of aliphatic hydroxyl groups excluding tert-OH is 1. The summed E-state index contributed by atoms with van der Waals surface area (Å²) in [4.78, 5) is 24.9. The highest BCUT2D eigenvalue weighted by Gasteiger charge is 2.25. The third-order valence-corrected chi connectivity index (χ3v) is 4.66. The van der Waals surface area contributed by atoms with Crippen LogP contribution < -0.4 is 5.32 Å². The van der Waals surface area contributed by atoms with E-state index in [2.05, 4.69) is 31.2 Å². The molecule has 0 radical (unpaired) electrons. The lowest BCUT2D eigenvalue weighted by atomic mass is 10.0. The minimum absolute atomic E-state index is 0.0426. The first-order chi connectivity index (χ1) is 13.4. The largest absolute Gasteiger partial charge is 0.481 e. The molecule has 0 aliphatic carbocycles. The van der Waals surface area contributed by atoms with Crippen LogP contribution in [0.15, 0.2) is 57.1 Å². The van der Waals surface area contributed by atoms with Gasteiger partial charge in [-0.15, -0.1) is 0 Å². The van der Waals surface area contributed by atoms with Gasteiger partial charge < -0.3 is 15.5 Å². The van der Waals surface area contributed by atoms with Crippen LogP contribution in [0.25, 0.3) is 0 Å². The Bertz CT molecular complexity index is 913. The van der Waals surface area contributed by atoms with Crippen molar-refractivity contribution in [3.05, 3.63) is 58.3 Å². The number of carbonyl (C=O) groups is 1. The van der Waals surface area contributed by atoms with E-state index >= 15 is 0 Å². The highest BCUT2D eigenvalue weighted by atomic mass is 79.9. The maximum Gasteiger partial charge on any atom is 0.303 e. The average molecular weight is 445 g/mol. The van der Waals surface area contributed by atoms with Crippen LogP contribution in [0.4, 0.5) is 5.69 Å². The number of aliphatic carboxylic acids is 1. The number of anilines is 1. The summed E-state index contributed by atoms with van der Waals surface area (Å²) < 4.78 is 0.892. The fourth-order valence-electron chi connectivity index (χ4n) is 2.87. The minimum atomic E-state index is -0.894. The van der Waals surface area contributed by atoms with Gasteiger partial charge in [0.25, 0.3) is 0 Å². The van der Waals surface area contributed by atoms with Gasteiger partial charge in [-0.1, -0.05) is 22.0 Å². The summed E-state index contributed by atoms with van der Waals surface area (Å²) in [7, 11) is 0. The van der Waals surface area contributed by atoms with Crippen molar-refractivity contribution in [1.82, 2.24) is 4.98 Å². The molecule has 0 bridgehead atoms. The number of benzodiazepines with no additional fused rings is 1. The van der Waals surface area contributed by atoms with Gasteiger partial charge in [0.1, 0.15) is 11.9 Å². The van der Waals surface area contributed by atoms with Crippen molar-refractivity contribution >= 4 is 39.1 Å². The Kier molecular flexibility index (Phi) is 6.53. The summed E-state index contributed by atoms with van der Waals surface area (Å²) in [6.45, 7) is 1.85. The molecule has 0 amide bonds. The van der Waals surface area contributed by atoms with E-state index in [-0.39, 0.29) is 19.4 Å². The molecule has 0 saturated carbocycles. The highest BCUT2D eigenvalue weighted by molar-refractivity contribution is 9.10. The zero-order chi connectivity index (χ0) is 20.1. The number of benzene rings is 1. The normalized spacial score (nSPS) is 18.6. The summed E-state index contributed by atoms with van der Waals surface area (Å²) >= 11 is 3.50. The van der Waals surface area contributed by atoms with E-state index in [1.807, 2.05) is 36.4 Å². The topological polar surface area (TPSA) is 107 Å². The zero-order valence-electron chi connectivity index (χ0n) is 15.3. The number of nitrogens with one attached hydrogen (secondary N) is 1. The maximum absolute atomic E-state index is 11.1. The van der Waals surface area contributed by atoms with Gasteiger partial charge in [0, 0.05) is 28.3 Å². The number of hydrogen-bond acceptors (Lipinski definition) is 5. The number of halogens is 1. The van der Waals surface area contributed by atoms with Crippen LogP contribution in [0, 0.1) is 0 Å². The van der Waals surface area contributed by atoms with Crippen molar-refractivity contribution in [3.8, 4) is 0 Å². The number of fused-ring (bicyclic) bond motifs is 1. The predicted molar refractivity (Wildman–Crippen MR) is 112 cm³/mol. The molecular formula is C20H21BrN4O3. The fourth-order valence-corrected chi connectivity index (χ4v) is 3.23. The Labute approximate surface area is 171 Å². The average Bonchev–Trinajstić information content (AvgIpc) is 2.82. The van der Waals surface area contributed by atoms with Crippen LogP contribution in [0.2, 0.25) is 0 Å². The number of rotatable bonds is 6. The Morgan fingerprint density at radius 2 is 2.18 bits per heavy atom. The molecule has 1 aromatic heterocycles. The van der Waals surface area contributed by atoms with Crippen molar-refractivity contribution in [3.63, 3.8) is 0 Å². The third kappa shape index (κ3) is 5.02. The summed E-state index contributed by atoms with van der Waals surface area (Å²) in [6.07, 6.45) is 1.33. The molecule has 146 valence electrons. The molecule has 1 aromatic carbocycles. The van der Waals surface area contributed by atoms with Crippen molar-refractivity contribution in [2.75, 3.05) is 11.9 Å². The van der Waals surface area contributed by atoms with Crippen LogP contribution in [0.5, 0.6) is 0 Å². The fraction of sp³-hybridized carbons (Fsp3) is 0.300. The van der Waals surface area contributed by atoms with Crippen LogP contribution >= 0.6 is 15.9 Å². The predicted octanol–water partition coefficient (Wildman–Crippen LogP) is 3.12. The monoisotopic (exact) mass is 444 g/mol. The van der Waals surface area contributed by atoms with E-state index in [0.717, 1.165) is 15.7 Å². The minimum Gasteiger partial charge on any atom is -0.481 e. The summed E-state index contributed by atoms with van der Waals surface area (Å²) in [5, 5.41) is 22.1. The maximum atomic E-state index is 11.1. The molecule has 1 aliphatic rings. The lowest BCUT2D eigenvalue weighted by molar-refractivity contribution is -0.137. The first-order valence-electron chi connectivity index (χ1n) is 8.94. The van der Waals surface area contributed by atoms with Gasteiger partial charge in [-0.2, -0.15) is 0 Å². The Morgan fingerprint density at radius 3 is 2.86 bits per heavy atom. The Morgan fingerprint density at radius 1 is 1.36 bits per heavy atom. The second-order valence-corrected chi connectivity index (χ2v) is 7.45. The highest BCUT2D eigenvalue weighted by Crippen LogP contribution is 2.28. The SMILES string of the molecule is C[C@@H](O)CN=C1Nc2ccc(Br)cc2C(c2ccccn2)=N[C@H]1CCC(=O)O. The molecule has 0 spiro atoms. The van der Waals surface area contributed by atoms with Crippen LogP contribution in [0.1, 0.15) is 31.0 Å². The first-order valence-corrected chi connectivity index (χ1v) is 9.73. The van der Waals surface area contributed by atoms with E-state index in [0.29, 0.717) is 17.2 Å². The molecule has 0 unspecified atom stereocenters. The van der Waals surface area contributed by atoms with Gasteiger partial charge in [-0.3, -0.25) is 19.8 Å². The van der Waals surface area contributed by atoms with Crippen molar-refractivity contribution in [1.29, 1.82) is 0 Å². The number of carboxylic acid groups (broad SMARTS) is 1. The van der Waals surface area contributed by atoms with Crippen molar-refractivity contribution in [2.45, 2.75) is 31.9 Å². The Hall–Kier alpha value is -2.58. The van der Waals surface area contributed by atoms with Gasteiger partial charge >= 0.3 is 5.97 Å². The smallest absolute Gasteiger partial charge is 0.303 e. The standard InChI is InChI=1S/C20H21BrN4O3/c1-12(26)11-23-20-17(7-8-18(27)28)24-19(16-4-2-3-9-22-16)14-10-13(21)5-6-15(14)25-20/h2-6,9-10,12,17,26H,7-8,11H2,1H3,(H,23,25)(H,27,28)/t12-,17+/m1/s1. The second kappa shape index (κ2) is 9.07. The second-order valence-electron chi connectivity index (χ2n) is 6.53.